The number of hydrogen-bond donors (Lipinski definition) is 1. The SMILES string of the molecule is CCCNC1CCCCC1Oc1cccc(C(C)(C)C)c1. The maximum absolute atomic E-state index is 6.34. The van der Waals surface area contributed by atoms with E-state index in [2.05, 4.69) is 57.3 Å². The van der Waals surface area contributed by atoms with Crippen LogP contribution in [0.2, 0.25) is 0 Å². The van der Waals surface area contributed by atoms with E-state index in [1.807, 2.05) is 0 Å². The Balaban J connectivity index is 2.05. The van der Waals surface area contributed by atoms with Gasteiger partial charge in [0.25, 0.3) is 0 Å². The Bertz CT molecular complexity index is 435. The predicted octanol–water partition coefficient (Wildman–Crippen LogP) is 4.67. The minimum Gasteiger partial charge on any atom is -0.489 e. The highest BCUT2D eigenvalue weighted by molar-refractivity contribution is 5.32. The second kappa shape index (κ2) is 7.31. The van der Waals surface area contributed by atoms with E-state index >= 15 is 0 Å². The number of hydrogen-bond acceptors (Lipinski definition) is 2. The standard InChI is InChI=1S/C19H31NO/c1-5-13-20-17-11-6-7-12-18(17)21-16-10-8-9-15(14-16)19(2,3)4/h8-10,14,17-18,20H,5-7,11-13H2,1-4H3. The van der Waals surface area contributed by atoms with Gasteiger partial charge in [0, 0.05) is 6.04 Å². The van der Waals surface area contributed by atoms with Gasteiger partial charge in [-0.15, -0.1) is 0 Å². The second-order valence-corrected chi connectivity index (χ2v) is 7.28. The molecule has 1 aromatic carbocycles. The smallest absolute Gasteiger partial charge is 0.120 e. The lowest BCUT2D eigenvalue weighted by molar-refractivity contribution is 0.114. The fourth-order valence-corrected chi connectivity index (χ4v) is 3.01. The molecule has 0 spiro atoms. The Hall–Kier alpha value is -1.02. The first-order valence-electron chi connectivity index (χ1n) is 8.51. The molecule has 0 bridgehead atoms. The average Bonchev–Trinajstić information content (AvgIpc) is 2.46. The summed E-state index contributed by atoms with van der Waals surface area (Å²) in [6.45, 7) is 10.1. The molecule has 0 saturated heterocycles. The summed E-state index contributed by atoms with van der Waals surface area (Å²) in [4.78, 5) is 0. The summed E-state index contributed by atoms with van der Waals surface area (Å²) >= 11 is 0. The van der Waals surface area contributed by atoms with Crippen molar-refractivity contribution in [2.75, 3.05) is 6.54 Å². The van der Waals surface area contributed by atoms with Crippen molar-refractivity contribution in [2.45, 2.75) is 77.4 Å². The van der Waals surface area contributed by atoms with Crippen LogP contribution in [0.4, 0.5) is 0 Å². The van der Waals surface area contributed by atoms with Gasteiger partial charge in [0.15, 0.2) is 0 Å². The van der Waals surface area contributed by atoms with Crippen molar-refractivity contribution in [1.29, 1.82) is 0 Å². The van der Waals surface area contributed by atoms with Crippen molar-refractivity contribution < 1.29 is 4.74 Å². The molecule has 1 N–H and O–H groups in total. The molecule has 0 heterocycles. The van der Waals surface area contributed by atoms with E-state index in [9.17, 15) is 0 Å². The molecule has 2 rings (SSSR count). The Morgan fingerprint density at radius 1 is 1.19 bits per heavy atom. The van der Waals surface area contributed by atoms with Crippen molar-refractivity contribution in [3.8, 4) is 5.75 Å². The van der Waals surface area contributed by atoms with Crippen molar-refractivity contribution in [2.24, 2.45) is 0 Å². The number of rotatable bonds is 5. The molecule has 118 valence electrons. The minimum atomic E-state index is 0.172. The highest BCUT2D eigenvalue weighted by atomic mass is 16.5. The van der Waals surface area contributed by atoms with Crippen LogP contribution in [0.1, 0.15) is 65.4 Å². The molecule has 21 heavy (non-hydrogen) atoms. The van der Waals surface area contributed by atoms with E-state index < -0.39 is 0 Å². The molecule has 0 aliphatic heterocycles. The van der Waals surface area contributed by atoms with Crippen LogP contribution in [0.3, 0.4) is 0 Å². The molecule has 1 aliphatic carbocycles. The molecule has 1 aliphatic rings. The highest BCUT2D eigenvalue weighted by Gasteiger charge is 2.26. The van der Waals surface area contributed by atoms with Crippen molar-refractivity contribution in [3.05, 3.63) is 29.8 Å². The Labute approximate surface area is 130 Å². The van der Waals surface area contributed by atoms with E-state index in [4.69, 9.17) is 4.74 Å². The molecular formula is C19H31NO. The first kappa shape index (κ1) is 16.4. The molecule has 1 saturated carbocycles. The normalized spacial score (nSPS) is 23.0. The molecule has 2 nitrogen and oxygen atoms in total. The van der Waals surface area contributed by atoms with E-state index in [1.54, 1.807) is 0 Å². The summed E-state index contributed by atoms with van der Waals surface area (Å²) < 4.78 is 6.34. The van der Waals surface area contributed by atoms with E-state index in [-0.39, 0.29) is 5.41 Å². The van der Waals surface area contributed by atoms with Gasteiger partial charge in [-0.25, -0.2) is 0 Å². The average molecular weight is 289 g/mol. The summed E-state index contributed by atoms with van der Waals surface area (Å²) in [5.74, 6) is 1.03. The van der Waals surface area contributed by atoms with Gasteiger partial charge >= 0.3 is 0 Å². The quantitative estimate of drug-likeness (QED) is 0.850. The van der Waals surface area contributed by atoms with Crippen molar-refractivity contribution in [3.63, 3.8) is 0 Å². The molecule has 2 unspecified atom stereocenters. The van der Waals surface area contributed by atoms with Crippen LogP contribution in [0, 0.1) is 0 Å². The lowest BCUT2D eigenvalue weighted by Gasteiger charge is -2.33. The van der Waals surface area contributed by atoms with Crippen LogP contribution in [0.15, 0.2) is 24.3 Å². The van der Waals surface area contributed by atoms with Gasteiger partial charge in [-0.2, -0.15) is 0 Å². The monoisotopic (exact) mass is 289 g/mol. The number of nitrogens with one attached hydrogen (secondary N) is 1. The number of ether oxygens (including phenoxy) is 1. The maximum Gasteiger partial charge on any atom is 0.120 e. The van der Waals surface area contributed by atoms with Crippen LogP contribution in [0.25, 0.3) is 0 Å². The van der Waals surface area contributed by atoms with Crippen LogP contribution in [-0.2, 0) is 5.41 Å². The van der Waals surface area contributed by atoms with Gasteiger partial charge < -0.3 is 10.1 Å². The van der Waals surface area contributed by atoms with Gasteiger partial charge in [0.05, 0.1) is 0 Å². The first-order valence-corrected chi connectivity index (χ1v) is 8.51. The minimum absolute atomic E-state index is 0.172. The van der Waals surface area contributed by atoms with Crippen LogP contribution in [0.5, 0.6) is 5.75 Å². The third-order valence-corrected chi connectivity index (χ3v) is 4.35. The lowest BCUT2D eigenvalue weighted by Crippen LogP contribution is -2.45. The summed E-state index contributed by atoms with van der Waals surface area (Å²) in [5.41, 5.74) is 1.51. The zero-order valence-corrected chi connectivity index (χ0v) is 14.1. The Morgan fingerprint density at radius 2 is 1.95 bits per heavy atom. The van der Waals surface area contributed by atoms with Crippen LogP contribution < -0.4 is 10.1 Å². The second-order valence-electron chi connectivity index (χ2n) is 7.28. The fraction of sp³-hybridized carbons (Fsp3) is 0.684. The summed E-state index contributed by atoms with van der Waals surface area (Å²) in [5, 5.41) is 3.66. The molecule has 0 radical (unpaired) electrons. The summed E-state index contributed by atoms with van der Waals surface area (Å²) in [6, 6.07) is 9.14. The fourth-order valence-electron chi connectivity index (χ4n) is 3.01. The van der Waals surface area contributed by atoms with Crippen molar-refractivity contribution >= 4 is 0 Å². The van der Waals surface area contributed by atoms with E-state index in [1.165, 1.54) is 37.7 Å². The zero-order chi connectivity index (χ0) is 15.3. The lowest BCUT2D eigenvalue weighted by atomic mass is 9.87. The summed E-state index contributed by atoms with van der Waals surface area (Å²) in [6.07, 6.45) is 6.52. The van der Waals surface area contributed by atoms with Gasteiger partial charge in [-0.3, -0.25) is 0 Å². The van der Waals surface area contributed by atoms with Gasteiger partial charge in [-0.1, -0.05) is 46.2 Å². The highest BCUT2D eigenvalue weighted by Crippen LogP contribution is 2.28. The predicted molar refractivity (Wildman–Crippen MR) is 90.1 cm³/mol. The van der Waals surface area contributed by atoms with Crippen LogP contribution in [-0.4, -0.2) is 18.7 Å². The third-order valence-electron chi connectivity index (χ3n) is 4.35. The topological polar surface area (TPSA) is 21.3 Å². The Morgan fingerprint density at radius 3 is 2.67 bits per heavy atom. The largest absolute Gasteiger partial charge is 0.489 e. The molecule has 0 aromatic heterocycles. The Kier molecular flexibility index (Phi) is 5.69. The molecule has 0 amide bonds. The zero-order valence-electron chi connectivity index (χ0n) is 14.1. The van der Waals surface area contributed by atoms with Crippen molar-refractivity contribution in [1.82, 2.24) is 5.32 Å². The third kappa shape index (κ3) is 4.74. The molecule has 2 atom stereocenters. The molecule has 1 aromatic rings. The van der Waals surface area contributed by atoms with Crippen LogP contribution >= 0.6 is 0 Å². The first-order chi connectivity index (χ1) is 10.0. The maximum atomic E-state index is 6.34. The van der Waals surface area contributed by atoms with Gasteiger partial charge in [0.1, 0.15) is 11.9 Å². The van der Waals surface area contributed by atoms with Gasteiger partial charge in [-0.05, 0) is 55.3 Å². The van der Waals surface area contributed by atoms with E-state index in [0.717, 1.165) is 12.3 Å². The molecular weight excluding hydrogens is 258 g/mol. The van der Waals surface area contributed by atoms with Gasteiger partial charge in [0.2, 0.25) is 0 Å². The molecule has 2 heteroatoms. The van der Waals surface area contributed by atoms with E-state index in [0.29, 0.717) is 12.1 Å². The summed E-state index contributed by atoms with van der Waals surface area (Å²) in [7, 11) is 0. The number of benzene rings is 1. The molecule has 1 fully saturated rings.